The minimum absolute atomic E-state index is 0.0133. The Labute approximate surface area is 191 Å². The maximum Gasteiger partial charge on any atom is 0.257 e. The molecule has 1 aliphatic heterocycles. The fourth-order valence-electron chi connectivity index (χ4n) is 3.75. The zero-order valence-corrected chi connectivity index (χ0v) is 19.1. The number of hydrogen-bond donors (Lipinski definition) is 1. The summed E-state index contributed by atoms with van der Waals surface area (Å²) in [5.74, 6) is 0.272. The van der Waals surface area contributed by atoms with E-state index in [0.717, 1.165) is 44.0 Å². The highest BCUT2D eigenvalue weighted by atomic mass is 32.1. The van der Waals surface area contributed by atoms with Crippen molar-refractivity contribution < 1.29 is 13.9 Å². The third kappa shape index (κ3) is 5.83. The fraction of sp³-hybridized carbons (Fsp3) is 0.333. The molecule has 2 aromatic carbocycles. The van der Waals surface area contributed by atoms with E-state index in [1.165, 1.54) is 23.5 Å². The molecule has 3 aromatic rings. The predicted octanol–water partition coefficient (Wildman–Crippen LogP) is 4.64. The number of halogens is 1. The van der Waals surface area contributed by atoms with Crippen LogP contribution in [0.15, 0.2) is 54.0 Å². The fourth-order valence-corrected chi connectivity index (χ4v) is 4.28. The number of benzene rings is 2. The average molecular weight is 455 g/mol. The van der Waals surface area contributed by atoms with E-state index in [9.17, 15) is 9.18 Å². The second kappa shape index (κ2) is 10.1. The van der Waals surface area contributed by atoms with E-state index >= 15 is 0 Å². The Bertz CT molecular complexity index is 1030. The Balaban J connectivity index is 1.44. The van der Waals surface area contributed by atoms with Crippen molar-refractivity contribution in [2.45, 2.75) is 26.5 Å². The van der Waals surface area contributed by atoms with Gasteiger partial charge in [-0.3, -0.25) is 15.0 Å². The lowest BCUT2D eigenvalue weighted by atomic mass is 10.1. The number of anilines is 2. The molecule has 1 saturated heterocycles. The molecule has 6 nitrogen and oxygen atoms in total. The molecule has 1 amide bonds. The third-order valence-corrected chi connectivity index (χ3v) is 5.91. The molecule has 1 fully saturated rings. The minimum Gasteiger partial charge on any atom is -0.491 e. The van der Waals surface area contributed by atoms with E-state index in [1.54, 1.807) is 12.3 Å². The first-order valence-corrected chi connectivity index (χ1v) is 11.6. The first kappa shape index (κ1) is 22.2. The van der Waals surface area contributed by atoms with Gasteiger partial charge in [-0.05, 0) is 61.9 Å². The summed E-state index contributed by atoms with van der Waals surface area (Å²) in [6.45, 7) is 8.16. The number of nitrogens with one attached hydrogen (secondary N) is 1. The van der Waals surface area contributed by atoms with Gasteiger partial charge in [0, 0.05) is 55.6 Å². The van der Waals surface area contributed by atoms with Crippen LogP contribution in [0.1, 0.15) is 29.8 Å². The summed E-state index contributed by atoms with van der Waals surface area (Å²) in [6, 6.07) is 12.4. The van der Waals surface area contributed by atoms with Gasteiger partial charge in [-0.2, -0.15) is 0 Å². The topological polar surface area (TPSA) is 57.7 Å². The van der Waals surface area contributed by atoms with Crippen LogP contribution in [-0.4, -0.2) is 48.1 Å². The predicted molar refractivity (Wildman–Crippen MR) is 126 cm³/mol. The van der Waals surface area contributed by atoms with Gasteiger partial charge < -0.3 is 9.64 Å². The Hall–Kier alpha value is -2.97. The van der Waals surface area contributed by atoms with Gasteiger partial charge in [0.05, 0.1) is 6.10 Å². The molecule has 0 aliphatic carbocycles. The molecule has 1 N–H and O–H groups in total. The number of carbonyl (C=O) groups excluding carboxylic acids is 1. The molecule has 0 unspecified atom stereocenters. The molecular weight excluding hydrogens is 427 g/mol. The maximum atomic E-state index is 13.2. The monoisotopic (exact) mass is 454 g/mol. The second-order valence-electron chi connectivity index (χ2n) is 8.06. The third-order valence-electron chi connectivity index (χ3n) is 5.22. The Kier molecular flexibility index (Phi) is 7.02. The van der Waals surface area contributed by atoms with Crippen molar-refractivity contribution in [1.82, 2.24) is 9.88 Å². The number of amides is 1. The second-order valence-corrected chi connectivity index (χ2v) is 8.96. The van der Waals surface area contributed by atoms with Gasteiger partial charge in [0.25, 0.3) is 5.91 Å². The highest BCUT2D eigenvalue weighted by molar-refractivity contribution is 7.13. The summed E-state index contributed by atoms with van der Waals surface area (Å²) in [7, 11) is 0. The molecule has 8 heteroatoms. The molecule has 0 radical (unpaired) electrons. The van der Waals surface area contributed by atoms with E-state index in [4.69, 9.17) is 4.74 Å². The number of thiazole rings is 1. The number of piperazine rings is 1. The van der Waals surface area contributed by atoms with Gasteiger partial charge in [0.15, 0.2) is 5.13 Å². The molecule has 0 atom stereocenters. The molecule has 32 heavy (non-hydrogen) atoms. The van der Waals surface area contributed by atoms with E-state index in [1.807, 2.05) is 43.5 Å². The lowest BCUT2D eigenvalue weighted by molar-refractivity contribution is 0.102. The number of ether oxygens (including phenoxy) is 1. The van der Waals surface area contributed by atoms with Crippen molar-refractivity contribution in [1.29, 1.82) is 0 Å². The Morgan fingerprint density at radius 2 is 1.91 bits per heavy atom. The lowest BCUT2D eigenvalue weighted by Crippen LogP contribution is -2.46. The van der Waals surface area contributed by atoms with Gasteiger partial charge in [0.1, 0.15) is 11.6 Å². The Morgan fingerprint density at radius 3 is 2.56 bits per heavy atom. The van der Waals surface area contributed by atoms with E-state index in [-0.39, 0.29) is 17.8 Å². The number of nitrogens with zero attached hydrogens (tertiary/aromatic N) is 3. The highest BCUT2D eigenvalue weighted by Gasteiger charge is 2.19. The summed E-state index contributed by atoms with van der Waals surface area (Å²) in [5.41, 5.74) is 2.63. The van der Waals surface area contributed by atoms with E-state index in [0.29, 0.717) is 16.4 Å². The smallest absolute Gasteiger partial charge is 0.257 e. The van der Waals surface area contributed by atoms with Crippen molar-refractivity contribution in [2.75, 3.05) is 36.4 Å². The van der Waals surface area contributed by atoms with Crippen molar-refractivity contribution in [3.8, 4) is 5.75 Å². The highest BCUT2D eigenvalue weighted by Crippen LogP contribution is 2.23. The maximum absolute atomic E-state index is 13.2. The van der Waals surface area contributed by atoms with Crippen molar-refractivity contribution in [3.63, 3.8) is 0 Å². The van der Waals surface area contributed by atoms with Gasteiger partial charge in [-0.1, -0.05) is 0 Å². The van der Waals surface area contributed by atoms with Crippen LogP contribution in [0.2, 0.25) is 0 Å². The van der Waals surface area contributed by atoms with Crippen LogP contribution in [-0.2, 0) is 6.54 Å². The SMILES string of the molecule is CC(C)Oc1cc(CN2CCN(c3ccc(F)cc3)CC2)cc(C(=O)Nc2nccs2)c1. The summed E-state index contributed by atoms with van der Waals surface area (Å²) >= 11 is 1.38. The molecule has 0 bridgehead atoms. The molecule has 0 saturated carbocycles. The van der Waals surface area contributed by atoms with Crippen molar-refractivity contribution in [2.24, 2.45) is 0 Å². The Morgan fingerprint density at radius 1 is 1.16 bits per heavy atom. The van der Waals surface area contributed by atoms with E-state index in [2.05, 4.69) is 20.1 Å². The molecule has 1 aliphatic rings. The first-order valence-electron chi connectivity index (χ1n) is 10.7. The van der Waals surface area contributed by atoms with Gasteiger partial charge in [-0.25, -0.2) is 9.37 Å². The summed E-state index contributed by atoms with van der Waals surface area (Å²) in [5, 5.41) is 5.24. The number of carbonyl (C=O) groups is 1. The van der Waals surface area contributed by atoms with Gasteiger partial charge in [0.2, 0.25) is 0 Å². The van der Waals surface area contributed by atoms with Crippen LogP contribution in [0.4, 0.5) is 15.2 Å². The van der Waals surface area contributed by atoms with Crippen LogP contribution in [0.3, 0.4) is 0 Å². The standard InChI is InChI=1S/C24H27FN4O2S/c1-17(2)31-22-14-18(13-19(15-22)23(30)27-24-26-7-12-32-24)16-28-8-10-29(11-9-28)21-5-3-20(25)4-6-21/h3-7,12-15,17H,8-11,16H2,1-2H3,(H,26,27,30). The first-order chi connectivity index (χ1) is 15.5. The quantitative estimate of drug-likeness (QED) is 0.564. The van der Waals surface area contributed by atoms with Crippen molar-refractivity contribution >= 4 is 28.1 Å². The zero-order chi connectivity index (χ0) is 22.5. The summed E-state index contributed by atoms with van der Waals surface area (Å²) in [4.78, 5) is 21.5. The number of aromatic nitrogens is 1. The molecule has 1 aromatic heterocycles. The largest absolute Gasteiger partial charge is 0.491 e. The normalized spacial score (nSPS) is 14.6. The molecule has 0 spiro atoms. The van der Waals surface area contributed by atoms with Crippen LogP contribution < -0.4 is 15.0 Å². The summed E-state index contributed by atoms with van der Waals surface area (Å²) in [6.07, 6.45) is 1.68. The lowest BCUT2D eigenvalue weighted by Gasteiger charge is -2.36. The van der Waals surface area contributed by atoms with Crippen LogP contribution in [0, 0.1) is 5.82 Å². The molecule has 168 valence electrons. The molecule has 2 heterocycles. The van der Waals surface area contributed by atoms with Gasteiger partial charge in [-0.15, -0.1) is 11.3 Å². The zero-order valence-electron chi connectivity index (χ0n) is 18.3. The number of rotatable bonds is 7. The van der Waals surface area contributed by atoms with Crippen molar-refractivity contribution in [3.05, 3.63) is 71.0 Å². The molecule has 4 rings (SSSR count). The minimum atomic E-state index is -0.217. The van der Waals surface area contributed by atoms with Crippen LogP contribution in [0.25, 0.3) is 0 Å². The van der Waals surface area contributed by atoms with E-state index < -0.39 is 0 Å². The van der Waals surface area contributed by atoms with Gasteiger partial charge >= 0.3 is 0 Å². The average Bonchev–Trinajstić information content (AvgIpc) is 3.27. The van der Waals surface area contributed by atoms with Crippen LogP contribution >= 0.6 is 11.3 Å². The summed E-state index contributed by atoms with van der Waals surface area (Å²) < 4.78 is 19.1. The van der Waals surface area contributed by atoms with Crippen LogP contribution in [0.5, 0.6) is 5.75 Å². The number of hydrogen-bond acceptors (Lipinski definition) is 6. The molecular formula is C24H27FN4O2S.